The number of nitro groups is 1. The minimum atomic E-state index is -0.566. The van der Waals surface area contributed by atoms with Crippen molar-refractivity contribution in [3.05, 3.63) is 75.8 Å². The molecule has 2 aromatic carbocycles. The number of nitrogens with one attached hydrogen (secondary N) is 2. The second-order valence-corrected chi connectivity index (χ2v) is 4.57. The molecule has 0 bridgehead atoms. The zero-order valence-corrected chi connectivity index (χ0v) is 13.5. The van der Waals surface area contributed by atoms with Crippen molar-refractivity contribution in [1.29, 1.82) is 0 Å². The van der Waals surface area contributed by atoms with Crippen LogP contribution in [-0.4, -0.2) is 4.92 Å². The van der Waals surface area contributed by atoms with E-state index in [1.165, 1.54) is 24.3 Å². The third-order valence-electron chi connectivity index (χ3n) is 2.58. The van der Waals surface area contributed by atoms with Gasteiger partial charge in [-0.3, -0.25) is 10.1 Å². The molecule has 2 rings (SSSR count). The van der Waals surface area contributed by atoms with Gasteiger partial charge in [-0.05, 0) is 36.4 Å². The Morgan fingerprint density at radius 3 is 2.22 bits per heavy atom. The van der Waals surface area contributed by atoms with Crippen molar-refractivity contribution in [2.75, 3.05) is 10.6 Å². The molecule has 7 heteroatoms. The molecule has 23 heavy (non-hydrogen) atoms. The van der Waals surface area contributed by atoms with Crippen molar-refractivity contribution >= 4 is 28.7 Å². The number of nitro benzene ring substituents is 1. The molecule has 0 heterocycles. The van der Waals surface area contributed by atoms with Crippen LogP contribution in [0.15, 0.2) is 54.9 Å². The standard InChI is InChI=1S/C14H11ClFN3O2.C2H6/c1-9(17-11-4-2-10(16)3-5-11)18-12-6-7-13(15)14(8-12)19(20)21;1-2/h2-8,17-18H,1H2;1-2H3. The first-order valence-electron chi connectivity index (χ1n) is 6.88. The maximum atomic E-state index is 12.8. The number of anilines is 2. The maximum Gasteiger partial charge on any atom is 0.289 e. The highest BCUT2D eigenvalue weighted by atomic mass is 35.5. The van der Waals surface area contributed by atoms with E-state index in [4.69, 9.17) is 11.6 Å². The molecule has 0 saturated heterocycles. The summed E-state index contributed by atoms with van der Waals surface area (Å²) in [4.78, 5) is 10.2. The molecule has 2 N–H and O–H groups in total. The maximum absolute atomic E-state index is 12.8. The Kier molecular flexibility index (Phi) is 7.02. The lowest BCUT2D eigenvalue weighted by Crippen LogP contribution is -2.08. The summed E-state index contributed by atoms with van der Waals surface area (Å²) in [6.45, 7) is 7.75. The van der Waals surface area contributed by atoms with E-state index < -0.39 is 4.92 Å². The predicted octanol–water partition coefficient (Wildman–Crippen LogP) is 5.41. The summed E-state index contributed by atoms with van der Waals surface area (Å²) in [6, 6.07) is 10.0. The fraction of sp³-hybridized carbons (Fsp3) is 0.125. The van der Waals surface area contributed by atoms with Gasteiger partial charge in [-0.15, -0.1) is 0 Å². The van der Waals surface area contributed by atoms with E-state index in [0.29, 0.717) is 17.2 Å². The fourth-order valence-electron chi connectivity index (χ4n) is 1.64. The van der Waals surface area contributed by atoms with Crippen molar-refractivity contribution in [2.24, 2.45) is 0 Å². The Hall–Kier alpha value is -2.60. The average Bonchev–Trinajstić information content (AvgIpc) is 2.53. The van der Waals surface area contributed by atoms with Gasteiger partial charge in [0.1, 0.15) is 16.7 Å². The van der Waals surface area contributed by atoms with Crippen LogP contribution >= 0.6 is 11.6 Å². The molecule has 0 atom stereocenters. The van der Waals surface area contributed by atoms with E-state index in [-0.39, 0.29) is 16.5 Å². The minimum absolute atomic E-state index is 0.0580. The van der Waals surface area contributed by atoms with Gasteiger partial charge >= 0.3 is 0 Å². The molecule has 0 aliphatic rings. The van der Waals surface area contributed by atoms with Gasteiger partial charge in [-0.2, -0.15) is 0 Å². The summed E-state index contributed by atoms with van der Waals surface area (Å²) in [7, 11) is 0. The Morgan fingerprint density at radius 1 is 1.13 bits per heavy atom. The van der Waals surface area contributed by atoms with Crippen LogP contribution in [-0.2, 0) is 0 Å². The topological polar surface area (TPSA) is 67.2 Å². The average molecular weight is 338 g/mol. The van der Waals surface area contributed by atoms with Crippen LogP contribution in [0.3, 0.4) is 0 Å². The SMILES string of the molecule is C=C(Nc1ccc(F)cc1)Nc1ccc(Cl)c([N+](=O)[O-])c1.CC. The van der Waals surface area contributed by atoms with Crippen LogP contribution in [0.2, 0.25) is 5.02 Å². The number of halogens is 2. The second-order valence-electron chi connectivity index (χ2n) is 4.16. The number of hydrogen-bond acceptors (Lipinski definition) is 4. The zero-order chi connectivity index (χ0) is 17.4. The van der Waals surface area contributed by atoms with Gasteiger partial charge in [0.2, 0.25) is 0 Å². The normalized spacial score (nSPS) is 9.39. The minimum Gasteiger partial charge on any atom is -0.342 e. The van der Waals surface area contributed by atoms with Crippen LogP contribution < -0.4 is 10.6 Å². The first-order valence-corrected chi connectivity index (χ1v) is 7.26. The molecule has 0 aliphatic heterocycles. The highest BCUT2D eigenvalue weighted by Gasteiger charge is 2.12. The van der Waals surface area contributed by atoms with Gasteiger partial charge in [0.15, 0.2) is 0 Å². The van der Waals surface area contributed by atoms with Crippen LogP contribution in [0.1, 0.15) is 13.8 Å². The summed E-state index contributed by atoms with van der Waals surface area (Å²) in [5.74, 6) is 0.0469. The van der Waals surface area contributed by atoms with Crippen LogP contribution in [0, 0.1) is 15.9 Å². The first kappa shape index (κ1) is 18.4. The molecule has 0 amide bonds. The van der Waals surface area contributed by atoms with E-state index in [1.54, 1.807) is 18.2 Å². The summed E-state index contributed by atoms with van der Waals surface area (Å²) in [5.41, 5.74) is 0.902. The quantitative estimate of drug-likeness (QED) is 0.565. The van der Waals surface area contributed by atoms with Gasteiger partial charge in [0.25, 0.3) is 5.69 Å². The Labute approximate surface area is 138 Å². The number of hydrogen-bond donors (Lipinski definition) is 2. The molecule has 0 fully saturated rings. The first-order chi connectivity index (χ1) is 11.0. The highest BCUT2D eigenvalue weighted by Crippen LogP contribution is 2.27. The fourth-order valence-corrected chi connectivity index (χ4v) is 1.83. The van der Waals surface area contributed by atoms with E-state index in [2.05, 4.69) is 17.2 Å². The van der Waals surface area contributed by atoms with Gasteiger partial charge in [0, 0.05) is 17.4 Å². The predicted molar refractivity (Wildman–Crippen MR) is 92.2 cm³/mol. The molecule has 0 unspecified atom stereocenters. The molecular formula is C16H17ClFN3O2. The molecule has 2 aromatic rings. The third-order valence-corrected chi connectivity index (χ3v) is 2.90. The van der Waals surface area contributed by atoms with Gasteiger partial charge in [-0.1, -0.05) is 32.0 Å². The summed E-state index contributed by atoms with van der Waals surface area (Å²) >= 11 is 5.73. The van der Waals surface area contributed by atoms with Crippen LogP contribution in [0.4, 0.5) is 21.5 Å². The number of nitrogens with zero attached hydrogens (tertiary/aromatic N) is 1. The Balaban J connectivity index is 0.00000127. The molecule has 122 valence electrons. The third kappa shape index (κ3) is 5.60. The number of rotatable bonds is 5. The monoisotopic (exact) mass is 337 g/mol. The van der Waals surface area contributed by atoms with Gasteiger partial charge in [0.05, 0.1) is 4.92 Å². The van der Waals surface area contributed by atoms with E-state index in [9.17, 15) is 14.5 Å². The highest BCUT2D eigenvalue weighted by molar-refractivity contribution is 6.32. The molecular weight excluding hydrogens is 321 g/mol. The van der Waals surface area contributed by atoms with E-state index in [1.807, 2.05) is 13.8 Å². The van der Waals surface area contributed by atoms with Gasteiger partial charge < -0.3 is 10.6 Å². The van der Waals surface area contributed by atoms with Crippen molar-refractivity contribution in [2.45, 2.75) is 13.8 Å². The van der Waals surface area contributed by atoms with E-state index >= 15 is 0 Å². The summed E-state index contributed by atoms with van der Waals surface area (Å²) in [5, 5.41) is 16.6. The van der Waals surface area contributed by atoms with Crippen LogP contribution in [0.5, 0.6) is 0 Å². The lowest BCUT2D eigenvalue weighted by Gasteiger charge is -2.12. The lowest BCUT2D eigenvalue weighted by atomic mass is 10.2. The largest absolute Gasteiger partial charge is 0.342 e. The molecule has 5 nitrogen and oxygen atoms in total. The molecule has 0 saturated carbocycles. The lowest BCUT2D eigenvalue weighted by molar-refractivity contribution is -0.384. The smallest absolute Gasteiger partial charge is 0.289 e. The van der Waals surface area contributed by atoms with E-state index in [0.717, 1.165) is 0 Å². The zero-order valence-electron chi connectivity index (χ0n) is 12.8. The van der Waals surface area contributed by atoms with Gasteiger partial charge in [-0.25, -0.2) is 4.39 Å². The van der Waals surface area contributed by atoms with Crippen LogP contribution in [0.25, 0.3) is 0 Å². The second kappa shape index (κ2) is 8.75. The molecule has 0 spiro atoms. The summed E-state index contributed by atoms with van der Waals surface area (Å²) < 4.78 is 12.8. The Morgan fingerprint density at radius 2 is 1.65 bits per heavy atom. The molecule has 0 radical (unpaired) electrons. The number of benzene rings is 2. The van der Waals surface area contributed by atoms with Crippen molar-refractivity contribution in [3.63, 3.8) is 0 Å². The molecule has 0 aromatic heterocycles. The Bertz CT molecular complexity index is 690. The molecule has 0 aliphatic carbocycles. The summed E-state index contributed by atoms with van der Waals surface area (Å²) in [6.07, 6.45) is 0. The van der Waals surface area contributed by atoms with Crippen molar-refractivity contribution < 1.29 is 9.31 Å². The van der Waals surface area contributed by atoms with Crippen molar-refractivity contribution in [3.8, 4) is 0 Å². The van der Waals surface area contributed by atoms with Crippen molar-refractivity contribution in [1.82, 2.24) is 0 Å².